The molecule has 0 radical (unpaired) electrons. The first-order valence-electron chi connectivity index (χ1n) is 7.08. The van der Waals surface area contributed by atoms with Crippen LogP contribution in [0, 0.1) is 0 Å². The molecule has 1 aromatic rings. The third-order valence-corrected chi connectivity index (χ3v) is 3.92. The summed E-state index contributed by atoms with van der Waals surface area (Å²) < 4.78 is 0.877. The van der Waals surface area contributed by atoms with E-state index in [-0.39, 0.29) is 0 Å². The van der Waals surface area contributed by atoms with Gasteiger partial charge in [0.2, 0.25) is 0 Å². The van der Waals surface area contributed by atoms with Crippen LogP contribution >= 0.6 is 15.9 Å². The molecule has 18 heavy (non-hydrogen) atoms. The lowest BCUT2D eigenvalue weighted by atomic mass is 9.97. The van der Waals surface area contributed by atoms with Crippen molar-refractivity contribution in [3.05, 3.63) is 16.5 Å². The van der Waals surface area contributed by atoms with Crippen LogP contribution in [0.25, 0.3) is 0 Å². The van der Waals surface area contributed by atoms with Crippen LogP contribution in [0.5, 0.6) is 0 Å². The molecule has 1 aromatic heterocycles. The molecule has 1 N–H and O–H groups in total. The fourth-order valence-electron chi connectivity index (χ4n) is 2.51. The maximum Gasteiger partial charge on any atom is 0.131 e. The predicted molar refractivity (Wildman–Crippen MR) is 78.8 cm³/mol. The largest absolute Gasteiger partial charge is 0.367 e. The van der Waals surface area contributed by atoms with Gasteiger partial charge in [0.05, 0.1) is 0 Å². The van der Waals surface area contributed by atoms with Crippen LogP contribution < -0.4 is 5.32 Å². The van der Waals surface area contributed by atoms with Crippen molar-refractivity contribution >= 4 is 21.7 Å². The van der Waals surface area contributed by atoms with Gasteiger partial charge in [-0.15, -0.1) is 0 Å². The van der Waals surface area contributed by atoms with Crippen LogP contribution in [0.4, 0.5) is 5.82 Å². The zero-order valence-electron chi connectivity index (χ0n) is 11.1. The van der Waals surface area contributed by atoms with Crippen LogP contribution in [0.1, 0.15) is 57.7 Å². The smallest absolute Gasteiger partial charge is 0.131 e. The van der Waals surface area contributed by atoms with E-state index in [4.69, 9.17) is 0 Å². The third-order valence-electron chi connectivity index (χ3n) is 3.51. The molecule has 0 aromatic carbocycles. The molecule has 0 bridgehead atoms. The second-order valence-corrected chi connectivity index (χ2v) is 5.84. The molecule has 100 valence electrons. The molecule has 3 nitrogen and oxygen atoms in total. The average molecular weight is 312 g/mol. The number of nitrogens with one attached hydrogen (secondary N) is 1. The Labute approximate surface area is 118 Å². The number of halogens is 1. The second-order valence-electron chi connectivity index (χ2n) is 5.03. The van der Waals surface area contributed by atoms with E-state index < -0.39 is 0 Å². The van der Waals surface area contributed by atoms with Crippen LogP contribution in [0.3, 0.4) is 0 Å². The van der Waals surface area contributed by atoms with E-state index in [9.17, 15) is 0 Å². The summed E-state index contributed by atoms with van der Waals surface area (Å²) in [6, 6.07) is 2.56. The average Bonchev–Trinajstić information content (AvgIpc) is 2.31. The second kappa shape index (κ2) is 7.07. The minimum absolute atomic E-state index is 0.580. The van der Waals surface area contributed by atoms with Crippen molar-refractivity contribution in [2.75, 3.05) is 5.32 Å². The highest BCUT2D eigenvalue weighted by molar-refractivity contribution is 9.10. The van der Waals surface area contributed by atoms with Gasteiger partial charge >= 0.3 is 0 Å². The van der Waals surface area contributed by atoms with E-state index in [2.05, 4.69) is 38.1 Å². The maximum atomic E-state index is 4.55. The molecule has 0 unspecified atom stereocenters. The topological polar surface area (TPSA) is 37.8 Å². The summed E-state index contributed by atoms with van der Waals surface area (Å²) in [7, 11) is 0. The van der Waals surface area contributed by atoms with Crippen LogP contribution in [-0.2, 0) is 6.42 Å². The Morgan fingerprint density at radius 3 is 2.50 bits per heavy atom. The van der Waals surface area contributed by atoms with Crippen LogP contribution in [0.15, 0.2) is 10.7 Å². The van der Waals surface area contributed by atoms with Gasteiger partial charge in [0.25, 0.3) is 0 Å². The van der Waals surface area contributed by atoms with Crippen molar-refractivity contribution in [1.82, 2.24) is 9.97 Å². The Morgan fingerprint density at radius 2 is 1.83 bits per heavy atom. The molecule has 0 amide bonds. The molecule has 0 atom stereocenters. The molecule has 1 aliphatic rings. The van der Waals surface area contributed by atoms with Crippen molar-refractivity contribution < 1.29 is 0 Å². The molecule has 2 rings (SSSR count). The summed E-state index contributed by atoms with van der Waals surface area (Å²) in [6.07, 6.45) is 10.3. The van der Waals surface area contributed by atoms with Gasteiger partial charge in [0, 0.05) is 18.5 Å². The monoisotopic (exact) mass is 311 g/mol. The van der Waals surface area contributed by atoms with Gasteiger partial charge in [-0.25, -0.2) is 9.97 Å². The molecule has 1 fully saturated rings. The van der Waals surface area contributed by atoms with Crippen molar-refractivity contribution in [2.24, 2.45) is 0 Å². The summed E-state index contributed by atoms with van der Waals surface area (Å²) in [5.74, 6) is 1.87. The summed E-state index contributed by atoms with van der Waals surface area (Å²) in [4.78, 5) is 8.89. The lowest BCUT2D eigenvalue weighted by molar-refractivity contribution is 0.470. The number of nitrogens with zero attached hydrogens (tertiary/aromatic N) is 2. The summed E-state index contributed by atoms with van der Waals surface area (Å²) in [5.41, 5.74) is 0. The van der Waals surface area contributed by atoms with Gasteiger partial charge in [0.15, 0.2) is 0 Å². The van der Waals surface area contributed by atoms with E-state index in [1.54, 1.807) is 0 Å². The molecule has 0 spiro atoms. The van der Waals surface area contributed by atoms with Crippen molar-refractivity contribution in [1.29, 1.82) is 0 Å². The van der Waals surface area contributed by atoms with Crippen LogP contribution in [-0.4, -0.2) is 16.0 Å². The minimum Gasteiger partial charge on any atom is -0.367 e. The number of hydrogen-bond donors (Lipinski definition) is 1. The SMILES string of the molecule is CCc1nc(Br)cc(NC2CCCCCCC2)n1. The van der Waals surface area contributed by atoms with E-state index in [1.807, 2.05) is 6.07 Å². The highest BCUT2D eigenvalue weighted by atomic mass is 79.9. The fourth-order valence-corrected chi connectivity index (χ4v) is 2.93. The predicted octanol–water partition coefficient (Wildman–Crippen LogP) is 4.33. The number of aromatic nitrogens is 2. The first kappa shape index (κ1) is 13.8. The zero-order valence-corrected chi connectivity index (χ0v) is 12.7. The first-order valence-corrected chi connectivity index (χ1v) is 7.87. The molecule has 0 aliphatic heterocycles. The Kier molecular flexibility index (Phi) is 5.42. The molecule has 1 aliphatic carbocycles. The Morgan fingerprint density at radius 1 is 1.17 bits per heavy atom. The molecular formula is C14H22BrN3. The van der Waals surface area contributed by atoms with Gasteiger partial charge in [0.1, 0.15) is 16.2 Å². The Hall–Kier alpha value is -0.640. The first-order chi connectivity index (χ1) is 8.78. The summed E-state index contributed by atoms with van der Waals surface area (Å²) in [6.45, 7) is 2.08. The van der Waals surface area contributed by atoms with E-state index in [0.717, 1.165) is 22.7 Å². The number of aryl methyl sites for hydroxylation is 1. The quantitative estimate of drug-likeness (QED) is 0.844. The van der Waals surface area contributed by atoms with Crippen LogP contribution in [0.2, 0.25) is 0 Å². The van der Waals surface area contributed by atoms with Crippen molar-refractivity contribution in [3.63, 3.8) is 0 Å². The zero-order chi connectivity index (χ0) is 12.8. The van der Waals surface area contributed by atoms with Gasteiger partial charge in [-0.2, -0.15) is 0 Å². The Balaban J connectivity index is 2.00. The molecule has 1 heterocycles. The normalized spacial score (nSPS) is 18.1. The standard InChI is InChI=1S/C14H22BrN3/c1-2-13-17-12(15)10-14(18-13)16-11-8-6-4-3-5-7-9-11/h10-11H,2-9H2,1H3,(H,16,17,18). The molecule has 1 saturated carbocycles. The lowest BCUT2D eigenvalue weighted by Crippen LogP contribution is -2.21. The molecular weight excluding hydrogens is 290 g/mol. The highest BCUT2D eigenvalue weighted by Gasteiger charge is 2.12. The minimum atomic E-state index is 0.580. The highest BCUT2D eigenvalue weighted by Crippen LogP contribution is 2.21. The molecule has 0 saturated heterocycles. The summed E-state index contributed by atoms with van der Waals surface area (Å²) in [5, 5.41) is 3.58. The van der Waals surface area contributed by atoms with E-state index >= 15 is 0 Å². The fraction of sp³-hybridized carbons (Fsp3) is 0.714. The third kappa shape index (κ3) is 4.23. The number of rotatable bonds is 3. The molecule has 4 heteroatoms. The van der Waals surface area contributed by atoms with E-state index in [0.29, 0.717) is 6.04 Å². The van der Waals surface area contributed by atoms with Crippen molar-refractivity contribution in [3.8, 4) is 0 Å². The maximum absolute atomic E-state index is 4.55. The number of hydrogen-bond acceptors (Lipinski definition) is 3. The summed E-state index contributed by atoms with van der Waals surface area (Å²) >= 11 is 3.46. The van der Waals surface area contributed by atoms with Gasteiger partial charge in [-0.3, -0.25) is 0 Å². The van der Waals surface area contributed by atoms with Gasteiger partial charge in [-0.05, 0) is 28.8 Å². The van der Waals surface area contributed by atoms with Gasteiger partial charge in [-0.1, -0.05) is 39.0 Å². The van der Waals surface area contributed by atoms with Crippen molar-refractivity contribution in [2.45, 2.75) is 64.3 Å². The van der Waals surface area contributed by atoms with Gasteiger partial charge < -0.3 is 5.32 Å². The lowest BCUT2D eigenvalue weighted by Gasteiger charge is -2.21. The number of anilines is 1. The van der Waals surface area contributed by atoms with E-state index in [1.165, 1.54) is 44.9 Å². The Bertz CT molecular complexity index is 373.